The minimum atomic E-state index is -0.177. The average molecular weight is 370 g/mol. The van der Waals surface area contributed by atoms with Crippen LogP contribution >= 0.6 is 28.1 Å². The zero-order valence-electron chi connectivity index (χ0n) is 11.4. The lowest BCUT2D eigenvalue weighted by molar-refractivity contribution is 0.0647. The lowest BCUT2D eigenvalue weighted by Gasteiger charge is -2.28. The van der Waals surface area contributed by atoms with E-state index in [0.29, 0.717) is 17.4 Å². The predicted octanol–water partition coefficient (Wildman–Crippen LogP) is 3.05. The van der Waals surface area contributed by atoms with Crippen molar-refractivity contribution in [3.05, 3.63) is 33.6 Å². The number of benzene rings is 1. The molecule has 1 N–H and O–H groups in total. The van der Waals surface area contributed by atoms with Crippen molar-refractivity contribution in [1.82, 2.24) is 14.7 Å². The van der Waals surface area contributed by atoms with Gasteiger partial charge in [-0.25, -0.2) is 4.68 Å². The van der Waals surface area contributed by atoms with Crippen molar-refractivity contribution >= 4 is 28.1 Å². The quantitative estimate of drug-likeness (QED) is 0.842. The topological polar surface area (TPSA) is 54.4 Å². The first kappa shape index (κ1) is 14.9. The third-order valence-electron chi connectivity index (χ3n) is 3.57. The molecule has 0 spiro atoms. The van der Waals surface area contributed by atoms with E-state index in [1.54, 1.807) is 4.68 Å². The molecule has 3 rings (SSSR count). The van der Waals surface area contributed by atoms with Gasteiger partial charge >= 0.3 is 0 Å². The normalized spacial score (nSPS) is 17.2. The number of hydrogen-bond acceptors (Lipinski definition) is 5. The van der Waals surface area contributed by atoms with Crippen molar-refractivity contribution in [1.29, 1.82) is 0 Å². The Morgan fingerprint density at radius 2 is 2.14 bits per heavy atom. The summed E-state index contributed by atoms with van der Waals surface area (Å²) < 4.78 is 8.26. The van der Waals surface area contributed by atoms with Gasteiger partial charge in [-0.05, 0) is 43.3 Å². The van der Waals surface area contributed by atoms with Gasteiger partial charge in [0.05, 0.1) is 12.8 Å². The lowest BCUT2D eigenvalue weighted by atomic mass is 10.1. The smallest absolute Gasteiger partial charge is 0.288 e. The van der Waals surface area contributed by atoms with E-state index in [4.69, 9.17) is 16.6 Å². The fourth-order valence-electron chi connectivity index (χ4n) is 2.38. The Labute approximate surface area is 136 Å². The molecule has 0 amide bonds. The van der Waals surface area contributed by atoms with Crippen molar-refractivity contribution < 1.29 is 9.52 Å². The summed E-state index contributed by atoms with van der Waals surface area (Å²) in [6.45, 7) is 2.30. The van der Waals surface area contributed by atoms with Crippen LogP contribution in [0.5, 0.6) is 0 Å². The molecular weight excluding hydrogens is 354 g/mol. The second kappa shape index (κ2) is 6.39. The molecule has 2 aromatic rings. The zero-order valence-corrected chi connectivity index (χ0v) is 13.8. The second-order valence-electron chi connectivity index (χ2n) is 5.17. The van der Waals surface area contributed by atoms with Crippen LogP contribution in [-0.4, -0.2) is 39.0 Å². The molecule has 0 saturated carbocycles. The molecule has 1 aromatic heterocycles. The summed E-state index contributed by atoms with van der Waals surface area (Å²) >= 11 is 8.68. The van der Waals surface area contributed by atoms with Gasteiger partial charge in [-0.3, -0.25) is 4.90 Å². The minimum Gasteiger partial charge on any atom is -0.409 e. The van der Waals surface area contributed by atoms with Gasteiger partial charge in [-0.15, -0.1) is 5.10 Å². The molecule has 21 heavy (non-hydrogen) atoms. The van der Waals surface area contributed by atoms with Gasteiger partial charge in [0.25, 0.3) is 4.84 Å². The van der Waals surface area contributed by atoms with Gasteiger partial charge in [-0.2, -0.15) is 0 Å². The molecule has 112 valence electrons. The summed E-state index contributed by atoms with van der Waals surface area (Å²) in [5, 5.41) is 14.0. The van der Waals surface area contributed by atoms with Gasteiger partial charge in [0, 0.05) is 23.1 Å². The first-order valence-corrected chi connectivity index (χ1v) is 8.06. The molecule has 2 heterocycles. The zero-order chi connectivity index (χ0) is 14.8. The Morgan fingerprint density at radius 1 is 1.38 bits per heavy atom. The Morgan fingerprint density at radius 3 is 2.86 bits per heavy atom. The third-order valence-corrected chi connectivity index (χ3v) is 4.36. The number of halogens is 1. The molecule has 1 saturated heterocycles. The molecular formula is C14H16BrN3O2S. The number of hydrogen-bond donors (Lipinski definition) is 1. The molecule has 1 aliphatic heterocycles. The molecule has 7 heteroatoms. The predicted molar refractivity (Wildman–Crippen MR) is 85.3 cm³/mol. The van der Waals surface area contributed by atoms with Crippen molar-refractivity contribution in [2.75, 3.05) is 13.1 Å². The van der Waals surface area contributed by atoms with Crippen LogP contribution < -0.4 is 0 Å². The minimum absolute atomic E-state index is 0.177. The Hall–Kier alpha value is -1.02. The van der Waals surface area contributed by atoms with Gasteiger partial charge < -0.3 is 9.52 Å². The lowest BCUT2D eigenvalue weighted by Crippen LogP contribution is -2.37. The Bertz CT molecular complexity index is 677. The fraction of sp³-hybridized carbons (Fsp3) is 0.429. The Balaban J connectivity index is 1.77. The van der Waals surface area contributed by atoms with Crippen LogP contribution in [0.4, 0.5) is 0 Å². The van der Waals surface area contributed by atoms with E-state index in [1.165, 1.54) is 0 Å². The van der Waals surface area contributed by atoms with Crippen molar-refractivity contribution in [2.45, 2.75) is 25.6 Å². The largest absolute Gasteiger partial charge is 0.409 e. The third kappa shape index (κ3) is 3.60. The highest BCUT2D eigenvalue weighted by Gasteiger charge is 2.18. The summed E-state index contributed by atoms with van der Waals surface area (Å²) in [5.41, 5.74) is 0.892. The van der Waals surface area contributed by atoms with E-state index in [-0.39, 0.29) is 6.10 Å². The van der Waals surface area contributed by atoms with Gasteiger partial charge in [0.15, 0.2) is 0 Å². The number of rotatable bonds is 3. The highest BCUT2D eigenvalue weighted by Crippen LogP contribution is 2.22. The van der Waals surface area contributed by atoms with Crippen LogP contribution in [0.15, 0.2) is 33.2 Å². The van der Waals surface area contributed by atoms with Crippen molar-refractivity contribution in [3.8, 4) is 11.5 Å². The molecule has 0 radical (unpaired) electrons. The number of nitrogens with zero attached hydrogens (tertiary/aromatic N) is 3. The molecule has 5 nitrogen and oxygen atoms in total. The van der Waals surface area contributed by atoms with E-state index in [1.807, 2.05) is 24.3 Å². The van der Waals surface area contributed by atoms with Crippen molar-refractivity contribution in [3.63, 3.8) is 0 Å². The van der Waals surface area contributed by atoms with Crippen LogP contribution in [0.1, 0.15) is 12.8 Å². The highest BCUT2D eigenvalue weighted by atomic mass is 79.9. The van der Waals surface area contributed by atoms with Gasteiger partial charge in [0.1, 0.15) is 0 Å². The first-order chi connectivity index (χ1) is 10.1. The van der Waals surface area contributed by atoms with Crippen LogP contribution in [-0.2, 0) is 6.67 Å². The average Bonchev–Trinajstić information content (AvgIpc) is 2.83. The maximum atomic E-state index is 9.53. The van der Waals surface area contributed by atoms with Gasteiger partial charge in [-0.1, -0.05) is 22.0 Å². The van der Waals surface area contributed by atoms with Crippen molar-refractivity contribution in [2.24, 2.45) is 0 Å². The highest BCUT2D eigenvalue weighted by molar-refractivity contribution is 9.10. The molecule has 1 aromatic carbocycles. The first-order valence-electron chi connectivity index (χ1n) is 6.86. The summed E-state index contributed by atoms with van der Waals surface area (Å²) in [4.78, 5) is 2.59. The number of piperidine rings is 1. The van der Waals surface area contributed by atoms with E-state index < -0.39 is 0 Å². The van der Waals surface area contributed by atoms with E-state index >= 15 is 0 Å². The molecule has 1 fully saturated rings. The molecule has 0 atom stereocenters. The van der Waals surface area contributed by atoms with Crippen LogP contribution in [0.25, 0.3) is 11.5 Å². The molecule has 1 aliphatic rings. The summed E-state index contributed by atoms with van der Waals surface area (Å²) in [6, 6.07) is 7.77. The van der Waals surface area contributed by atoms with Gasteiger partial charge in [0.2, 0.25) is 5.89 Å². The van der Waals surface area contributed by atoms with E-state index in [0.717, 1.165) is 36.0 Å². The maximum absolute atomic E-state index is 9.53. The summed E-state index contributed by atoms with van der Waals surface area (Å²) in [5.74, 6) is 0.526. The molecule has 0 aliphatic carbocycles. The van der Waals surface area contributed by atoms with E-state index in [2.05, 4.69) is 25.9 Å². The monoisotopic (exact) mass is 369 g/mol. The van der Waals surface area contributed by atoms with Crippen LogP contribution in [0.2, 0.25) is 0 Å². The maximum Gasteiger partial charge on any atom is 0.288 e. The van der Waals surface area contributed by atoms with E-state index in [9.17, 15) is 5.11 Å². The fourth-order valence-corrected chi connectivity index (χ4v) is 2.96. The number of aliphatic hydroxyl groups excluding tert-OH is 1. The number of aromatic nitrogens is 2. The number of likely N-dealkylation sites (tertiary alicyclic amines) is 1. The SMILES string of the molecule is OC1CCN(Cn2nc(-c3cccc(Br)c3)oc2=S)CC1. The van der Waals surface area contributed by atoms with Crippen LogP contribution in [0.3, 0.4) is 0 Å². The Kier molecular flexibility index (Phi) is 4.54. The standard InChI is InChI=1S/C14H16BrN3O2S/c15-11-3-1-2-10(8-11)13-16-18(14(21)20-13)9-17-6-4-12(19)5-7-17/h1-3,8,12,19H,4-7,9H2. The molecule has 0 unspecified atom stereocenters. The summed E-state index contributed by atoms with van der Waals surface area (Å²) in [6.07, 6.45) is 1.41. The summed E-state index contributed by atoms with van der Waals surface area (Å²) in [7, 11) is 0. The van der Waals surface area contributed by atoms with Crippen LogP contribution in [0, 0.1) is 4.84 Å². The number of aliphatic hydroxyl groups is 1. The molecule has 0 bridgehead atoms. The second-order valence-corrected chi connectivity index (χ2v) is 6.44.